The van der Waals surface area contributed by atoms with E-state index >= 15 is 0 Å². The lowest BCUT2D eigenvalue weighted by atomic mass is 9.97. The van der Waals surface area contributed by atoms with Gasteiger partial charge >= 0.3 is 0 Å². The van der Waals surface area contributed by atoms with Crippen molar-refractivity contribution >= 4 is 11.6 Å². The van der Waals surface area contributed by atoms with Gasteiger partial charge in [-0.05, 0) is 24.1 Å². The molecular weight excluding hydrogens is 203 g/mol. The van der Waals surface area contributed by atoms with Gasteiger partial charge in [0, 0.05) is 5.92 Å². The largest absolute Gasteiger partial charge is 0.396 e. The first-order valence-electron chi connectivity index (χ1n) is 4.35. The maximum atomic E-state index is 12.8. The fraction of sp³-hybridized carbons (Fsp3) is 0.273. The highest BCUT2D eigenvalue weighted by Gasteiger charge is 2.10. The van der Waals surface area contributed by atoms with Crippen LogP contribution < -0.4 is 0 Å². The predicted molar refractivity (Wildman–Crippen MR) is 56.1 cm³/mol. The van der Waals surface area contributed by atoms with E-state index in [1.807, 2.05) is 0 Å². The summed E-state index contributed by atoms with van der Waals surface area (Å²) in [6.45, 7) is 3.60. The molecule has 3 heteroatoms. The van der Waals surface area contributed by atoms with E-state index in [9.17, 15) is 4.39 Å². The molecule has 14 heavy (non-hydrogen) atoms. The zero-order valence-corrected chi connectivity index (χ0v) is 8.47. The zero-order valence-electron chi connectivity index (χ0n) is 7.71. The Labute approximate surface area is 87.8 Å². The number of benzene rings is 1. The average molecular weight is 215 g/mol. The molecule has 0 bridgehead atoms. The number of aliphatic hydroxyl groups is 1. The maximum Gasteiger partial charge on any atom is 0.141 e. The molecule has 0 heterocycles. The first-order valence-corrected chi connectivity index (χ1v) is 4.73. The number of halogens is 2. The summed E-state index contributed by atoms with van der Waals surface area (Å²) in [4.78, 5) is 0. The Balaban J connectivity index is 2.93. The van der Waals surface area contributed by atoms with Crippen LogP contribution in [0.3, 0.4) is 0 Å². The van der Waals surface area contributed by atoms with Gasteiger partial charge in [0.2, 0.25) is 0 Å². The molecule has 1 aromatic rings. The average Bonchev–Trinajstić information content (AvgIpc) is 2.19. The fourth-order valence-corrected chi connectivity index (χ4v) is 1.47. The van der Waals surface area contributed by atoms with E-state index in [1.165, 1.54) is 6.07 Å². The van der Waals surface area contributed by atoms with Crippen LogP contribution in [0, 0.1) is 5.82 Å². The third-order valence-electron chi connectivity index (χ3n) is 2.09. The van der Waals surface area contributed by atoms with E-state index in [0.717, 1.165) is 5.56 Å². The highest BCUT2D eigenvalue weighted by Crippen LogP contribution is 2.24. The molecule has 1 atom stereocenters. The second-order valence-corrected chi connectivity index (χ2v) is 3.48. The van der Waals surface area contributed by atoms with Crippen LogP contribution in [0.4, 0.5) is 4.39 Å². The molecule has 1 rings (SSSR count). The third-order valence-corrected chi connectivity index (χ3v) is 2.38. The molecule has 0 saturated carbocycles. The number of aliphatic hydroxyl groups excluding tert-OH is 1. The normalized spacial score (nSPS) is 12.5. The van der Waals surface area contributed by atoms with Crippen molar-refractivity contribution in [3.63, 3.8) is 0 Å². The van der Waals surface area contributed by atoms with Gasteiger partial charge in [0.15, 0.2) is 0 Å². The van der Waals surface area contributed by atoms with E-state index in [-0.39, 0.29) is 17.5 Å². The van der Waals surface area contributed by atoms with Crippen molar-refractivity contribution < 1.29 is 9.50 Å². The lowest BCUT2D eigenvalue weighted by Gasteiger charge is -2.12. The van der Waals surface area contributed by atoms with Gasteiger partial charge in [0.1, 0.15) is 5.82 Å². The Bertz CT molecular complexity index is 325. The van der Waals surface area contributed by atoms with Gasteiger partial charge in [-0.3, -0.25) is 0 Å². The fourth-order valence-electron chi connectivity index (χ4n) is 1.28. The van der Waals surface area contributed by atoms with Crippen molar-refractivity contribution in [1.29, 1.82) is 0 Å². The highest BCUT2D eigenvalue weighted by molar-refractivity contribution is 6.30. The first-order chi connectivity index (χ1) is 6.69. The Morgan fingerprint density at radius 3 is 2.79 bits per heavy atom. The molecule has 1 N–H and O–H groups in total. The van der Waals surface area contributed by atoms with Crippen LogP contribution in [0.2, 0.25) is 5.02 Å². The van der Waals surface area contributed by atoms with Crippen molar-refractivity contribution in [1.82, 2.24) is 0 Å². The van der Waals surface area contributed by atoms with E-state index in [0.29, 0.717) is 6.42 Å². The van der Waals surface area contributed by atoms with Gasteiger partial charge in [0.25, 0.3) is 0 Å². The Kier molecular flexibility index (Phi) is 4.11. The van der Waals surface area contributed by atoms with Crippen molar-refractivity contribution in [3.8, 4) is 0 Å². The first kappa shape index (κ1) is 11.2. The number of hydrogen-bond acceptors (Lipinski definition) is 1. The van der Waals surface area contributed by atoms with Crippen LogP contribution in [0.5, 0.6) is 0 Å². The van der Waals surface area contributed by atoms with Crippen LogP contribution in [0.15, 0.2) is 30.9 Å². The molecule has 76 valence electrons. The molecule has 1 unspecified atom stereocenters. The molecule has 0 aliphatic rings. The SMILES string of the molecule is C=CCC(CO)c1ccc(F)c(Cl)c1. The van der Waals surface area contributed by atoms with E-state index in [2.05, 4.69) is 6.58 Å². The minimum absolute atomic E-state index is 0.00792. The van der Waals surface area contributed by atoms with Crippen LogP contribution in [-0.2, 0) is 0 Å². The van der Waals surface area contributed by atoms with Gasteiger partial charge in [-0.15, -0.1) is 6.58 Å². The van der Waals surface area contributed by atoms with Crippen LogP contribution in [0.1, 0.15) is 17.9 Å². The van der Waals surface area contributed by atoms with Gasteiger partial charge in [0.05, 0.1) is 11.6 Å². The maximum absolute atomic E-state index is 12.8. The third kappa shape index (κ3) is 2.56. The predicted octanol–water partition coefficient (Wildman–Crippen LogP) is 3.13. The summed E-state index contributed by atoms with van der Waals surface area (Å²) in [6.07, 6.45) is 2.37. The topological polar surface area (TPSA) is 20.2 Å². The summed E-state index contributed by atoms with van der Waals surface area (Å²) in [5, 5.41) is 9.17. The van der Waals surface area contributed by atoms with E-state index in [1.54, 1.807) is 18.2 Å². The monoisotopic (exact) mass is 214 g/mol. The van der Waals surface area contributed by atoms with Crippen molar-refractivity contribution in [2.24, 2.45) is 0 Å². The molecular formula is C11H12ClFO. The summed E-state index contributed by atoms with van der Waals surface area (Å²) in [5.74, 6) is -0.490. The molecule has 0 amide bonds. The summed E-state index contributed by atoms with van der Waals surface area (Å²) in [6, 6.07) is 4.48. The molecule has 0 spiro atoms. The Hall–Kier alpha value is -0.860. The molecule has 1 nitrogen and oxygen atoms in total. The lowest BCUT2D eigenvalue weighted by Crippen LogP contribution is -2.03. The minimum atomic E-state index is -0.439. The molecule has 1 aromatic carbocycles. The molecule has 0 aliphatic carbocycles. The van der Waals surface area contributed by atoms with Crippen LogP contribution >= 0.6 is 11.6 Å². The van der Waals surface area contributed by atoms with E-state index < -0.39 is 5.82 Å². The molecule has 0 radical (unpaired) electrons. The smallest absolute Gasteiger partial charge is 0.141 e. The standard InChI is InChI=1S/C11H12ClFO/c1-2-3-9(7-14)8-4-5-11(13)10(12)6-8/h2,4-6,9,14H,1,3,7H2. The van der Waals surface area contributed by atoms with Gasteiger partial charge in [-0.1, -0.05) is 23.7 Å². The number of allylic oxidation sites excluding steroid dienone is 1. The second-order valence-electron chi connectivity index (χ2n) is 3.08. The van der Waals surface area contributed by atoms with Gasteiger partial charge in [-0.25, -0.2) is 4.39 Å². The van der Waals surface area contributed by atoms with E-state index in [4.69, 9.17) is 16.7 Å². The Morgan fingerprint density at radius 2 is 2.29 bits per heavy atom. The van der Waals surface area contributed by atoms with Gasteiger partial charge in [-0.2, -0.15) is 0 Å². The Morgan fingerprint density at radius 1 is 1.57 bits per heavy atom. The van der Waals surface area contributed by atoms with Crippen molar-refractivity contribution in [2.75, 3.05) is 6.61 Å². The highest BCUT2D eigenvalue weighted by atomic mass is 35.5. The van der Waals surface area contributed by atoms with Gasteiger partial charge < -0.3 is 5.11 Å². The van der Waals surface area contributed by atoms with Crippen molar-refractivity contribution in [3.05, 3.63) is 47.3 Å². The summed E-state index contributed by atoms with van der Waals surface area (Å²) in [7, 11) is 0. The molecule has 0 aromatic heterocycles. The van der Waals surface area contributed by atoms with Crippen LogP contribution in [-0.4, -0.2) is 11.7 Å². The quantitative estimate of drug-likeness (QED) is 0.764. The molecule has 0 saturated heterocycles. The summed E-state index contributed by atoms with van der Waals surface area (Å²) >= 11 is 5.63. The second kappa shape index (κ2) is 5.13. The number of hydrogen-bond donors (Lipinski definition) is 1. The summed E-state index contributed by atoms with van der Waals surface area (Å²) < 4.78 is 12.8. The van der Waals surface area contributed by atoms with Crippen LogP contribution in [0.25, 0.3) is 0 Å². The summed E-state index contributed by atoms with van der Waals surface area (Å²) in [5.41, 5.74) is 0.832. The van der Waals surface area contributed by atoms with Crippen molar-refractivity contribution in [2.45, 2.75) is 12.3 Å². The number of rotatable bonds is 4. The molecule has 0 aliphatic heterocycles. The lowest BCUT2D eigenvalue weighted by molar-refractivity contribution is 0.266. The zero-order chi connectivity index (χ0) is 10.6. The minimum Gasteiger partial charge on any atom is -0.396 e. The molecule has 0 fully saturated rings.